The van der Waals surface area contributed by atoms with E-state index in [-0.39, 0.29) is 36.5 Å². The minimum atomic E-state index is -0.746. The van der Waals surface area contributed by atoms with Gasteiger partial charge in [-0.2, -0.15) is 0 Å². The number of carbonyl (C=O) groups is 2. The highest BCUT2D eigenvalue weighted by Crippen LogP contribution is 2.18. The van der Waals surface area contributed by atoms with Gasteiger partial charge in [-0.1, -0.05) is 92.7 Å². The van der Waals surface area contributed by atoms with Crippen LogP contribution in [0.4, 0.5) is 4.39 Å². The van der Waals surface area contributed by atoms with E-state index in [0.29, 0.717) is 24.9 Å². The average Bonchev–Trinajstić information content (AvgIpc) is 2.85. The predicted octanol–water partition coefficient (Wildman–Crippen LogP) is 5.17. The molecule has 0 radical (unpaired) electrons. The second-order valence-electron chi connectivity index (χ2n) is 8.94. The summed E-state index contributed by atoms with van der Waals surface area (Å²) in [4.78, 5) is 28.4. The van der Waals surface area contributed by atoms with Crippen molar-refractivity contribution in [3.63, 3.8) is 0 Å². The van der Waals surface area contributed by atoms with Crippen LogP contribution < -0.4 is 5.32 Å². The molecule has 2 amide bonds. The van der Waals surface area contributed by atoms with Gasteiger partial charge in [0.1, 0.15) is 11.9 Å². The molecule has 3 rings (SSSR count). The Kier molecular flexibility index (Phi) is 9.39. The van der Waals surface area contributed by atoms with Gasteiger partial charge in [0.15, 0.2) is 0 Å². The molecular weight excluding hydrogens is 427 g/mol. The van der Waals surface area contributed by atoms with E-state index < -0.39 is 6.04 Å². The first-order valence-electron chi connectivity index (χ1n) is 11.8. The van der Waals surface area contributed by atoms with Gasteiger partial charge in [-0.25, -0.2) is 4.39 Å². The Bertz CT molecular complexity index is 1050. The van der Waals surface area contributed by atoms with Gasteiger partial charge in [0.05, 0.1) is 0 Å². The number of benzene rings is 3. The number of hydrogen-bond donors (Lipinski definition) is 1. The number of aryl methyl sites for hydroxylation is 1. The van der Waals surface area contributed by atoms with E-state index >= 15 is 0 Å². The summed E-state index contributed by atoms with van der Waals surface area (Å²) in [6.07, 6.45) is 1.15. The Labute approximate surface area is 201 Å². The molecule has 0 fully saturated rings. The summed E-state index contributed by atoms with van der Waals surface area (Å²) in [5.41, 5.74) is 2.39. The number of carbonyl (C=O) groups excluding carboxylic acids is 2. The Hall–Kier alpha value is -3.47. The smallest absolute Gasteiger partial charge is 0.243 e. The summed E-state index contributed by atoms with van der Waals surface area (Å²) < 4.78 is 14.6. The van der Waals surface area contributed by atoms with Gasteiger partial charge in [0.2, 0.25) is 11.8 Å². The zero-order valence-electron chi connectivity index (χ0n) is 19.9. The van der Waals surface area contributed by atoms with Gasteiger partial charge in [-0.3, -0.25) is 9.59 Å². The van der Waals surface area contributed by atoms with Crippen molar-refractivity contribution >= 4 is 11.8 Å². The summed E-state index contributed by atoms with van der Waals surface area (Å²) in [5, 5.41) is 2.99. The van der Waals surface area contributed by atoms with Crippen LogP contribution in [0, 0.1) is 11.7 Å². The number of nitrogens with zero attached hydrogens (tertiary/aromatic N) is 1. The second-order valence-corrected chi connectivity index (χ2v) is 8.94. The van der Waals surface area contributed by atoms with E-state index in [9.17, 15) is 14.0 Å². The molecule has 1 N–H and O–H groups in total. The van der Waals surface area contributed by atoms with E-state index in [4.69, 9.17) is 0 Å². The Morgan fingerprint density at radius 3 is 2.06 bits per heavy atom. The monoisotopic (exact) mass is 460 g/mol. The topological polar surface area (TPSA) is 49.4 Å². The maximum atomic E-state index is 14.6. The van der Waals surface area contributed by atoms with Gasteiger partial charge in [-0.05, 0) is 29.5 Å². The lowest BCUT2D eigenvalue weighted by molar-refractivity contribution is -0.141. The molecule has 0 saturated heterocycles. The van der Waals surface area contributed by atoms with E-state index in [0.717, 1.165) is 11.1 Å². The van der Waals surface area contributed by atoms with Crippen LogP contribution >= 0.6 is 0 Å². The molecule has 0 saturated carbocycles. The summed E-state index contributed by atoms with van der Waals surface area (Å²) in [6.45, 7) is 4.59. The molecule has 3 aromatic rings. The highest BCUT2D eigenvalue weighted by atomic mass is 19.1. The number of nitrogens with one attached hydrogen (secondary N) is 1. The SMILES string of the molecule is CC(C)CNC(=O)C(Cc1ccccc1)N(Cc1ccccc1F)C(=O)CCc1ccccc1. The summed E-state index contributed by atoms with van der Waals surface area (Å²) in [5.74, 6) is -0.505. The number of halogens is 1. The van der Waals surface area contributed by atoms with Crippen LogP contribution in [0.1, 0.15) is 37.0 Å². The van der Waals surface area contributed by atoms with Gasteiger partial charge in [-0.15, -0.1) is 0 Å². The fraction of sp³-hybridized carbons (Fsp3) is 0.310. The third-order valence-electron chi connectivity index (χ3n) is 5.72. The van der Waals surface area contributed by atoms with Gasteiger partial charge < -0.3 is 10.2 Å². The van der Waals surface area contributed by atoms with Crippen molar-refractivity contribution in [2.24, 2.45) is 5.92 Å². The van der Waals surface area contributed by atoms with Crippen LogP contribution in [0.15, 0.2) is 84.9 Å². The van der Waals surface area contributed by atoms with Crippen molar-refractivity contribution in [2.75, 3.05) is 6.54 Å². The zero-order chi connectivity index (χ0) is 24.3. The third kappa shape index (κ3) is 7.55. The first-order chi connectivity index (χ1) is 16.4. The normalized spacial score (nSPS) is 11.8. The molecule has 0 aliphatic rings. The minimum Gasteiger partial charge on any atom is -0.354 e. The summed E-state index contributed by atoms with van der Waals surface area (Å²) in [7, 11) is 0. The average molecular weight is 461 g/mol. The van der Waals surface area contributed by atoms with Crippen LogP contribution in [0.5, 0.6) is 0 Å². The molecule has 3 aromatic carbocycles. The van der Waals surface area contributed by atoms with E-state index in [1.807, 2.05) is 74.5 Å². The lowest BCUT2D eigenvalue weighted by atomic mass is 10.0. The Morgan fingerprint density at radius 1 is 0.853 bits per heavy atom. The minimum absolute atomic E-state index is 0.0346. The van der Waals surface area contributed by atoms with Crippen LogP contribution in [0.3, 0.4) is 0 Å². The fourth-order valence-corrected chi connectivity index (χ4v) is 3.83. The van der Waals surface area contributed by atoms with Gasteiger partial charge in [0.25, 0.3) is 0 Å². The largest absolute Gasteiger partial charge is 0.354 e. The maximum absolute atomic E-state index is 14.6. The predicted molar refractivity (Wildman–Crippen MR) is 133 cm³/mol. The van der Waals surface area contributed by atoms with Crippen molar-refractivity contribution in [2.45, 2.75) is 45.7 Å². The zero-order valence-corrected chi connectivity index (χ0v) is 19.9. The van der Waals surface area contributed by atoms with E-state index in [2.05, 4.69) is 5.32 Å². The van der Waals surface area contributed by atoms with Crippen LogP contribution in [-0.4, -0.2) is 29.3 Å². The Balaban J connectivity index is 1.90. The molecule has 5 heteroatoms. The highest BCUT2D eigenvalue weighted by molar-refractivity contribution is 5.88. The molecular formula is C29H33FN2O2. The number of amides is 2. The molecule has 1 atom stereocenters. The van der Waals surface area contributed by atoms with Crippen LogP contribution in [-0.2, 0) is 29.0 Å². The molecule has 0 aliphatic carbocycles. The lowest BCUT2D eigenvalue weighted by Crippen LogP contribution is -2.51. The fourth-order valence-electron chi connectivity index (χ4n) is 3.83. The second kappa shape index (κ2) is 12.7. The summed E-state index contributed by atoms with van der Waals surface area (Å²) in [6, 6.07) is 25.1. The standard InChI is InChI=1S/C29H33FN2O2/c1-22(2)20-31-29(34)27(19-24-13-7-4-8-14-24)32(21-25-15-9-10-16-26(25)30)28(33)18-17-23-11-5-3-6-12-23/h3-16,22,27H,17-21H2,1-2H3,(H,31,34). The van der Waals surface area contributed by atoms with Crippen molar-refractivity contribution in [1.82, 2.24) is 10.2 Å². The van der Waals surface area contributed by atoms with Crippen LogP contribution in [0.2, 0.25) is 0 Å². The molecule has 0 spiro atoms. The van der Waals surface area contributed by atoms with E-state index in [1.165, 1.54) is 6.07 Å². The molecule has 34 heavy (non-hydrogen) atoms. The molecule has 0 bridgehead atoms. The molecule has 1 unspecified atom stereocenters. The van der Waals surface area contributed by atoms with Crippen molar-refractivity contribution in [3.05, 3.63) is 107 Å². The van der Waals surface area contributed by atoms with Crippen LogP contribution in [0.25, 0.3) is 0 Å². The molecule has 0 aromatic heterocycles. The highest BCUT2D eigenvalue weighted by Gasteiger charge is 2.30. The summed E-state index contributed by atoms with van der Waals surface area (Å²) >= 11 is 0. The van der Waals surface area contributed by atoms with Gasteiger partial charge >= 0.3 is 0 Å². The molecule has 178 valence electrons. The van der Waals surface area contributed by atoms with Gasteiger partial charge in [0, 0.05) is 31.5 Å². The maximum Gasteiger partial charge on any atom is 0.243 e. The van der Waals surface area contributed by atoms with Crippen molar-refractivity contribution < 1.29 is 14.0 Å². The Morgan fingerprint density at radius 2 is 1.44 bits per heavy atom. The lowest BCUT2D eigenvalue weighted by Gasteiger charge is -2.32. The first-order valence-corrected chi connectivity index (χ1v) is 11.8. The number of hydrogen-bond acceptors (Lipinski definition) is 2. The molecule has 0 heterocycles. The quantitative estimate of drug-likeness (QED) is 0.429. The van der Waals surface area contributed by atoms with Crippen molar-refractivity contribution in [1.29, 1.82) is 0 Å². The van der Waals surface area contributed by atoms with Crippen molar-refractivity contribution in [3.8, 4) is 0 Å². The molecule has 0 aliphatic heterocycles. The first kappa shape index (κ1) is 25.2. The van der Waals surface area contributed by atoms with E-state index in [1.54, 1.807) is 23.1 Å². The molecule has 4 nitrogen and oxygen atoms in total. The third-order valence-corrected chi connectivity index (χ3v) is 5.72. The number of rotatable bonds is 11.